The van der Waals surface area contributed by atoms with Crippen LogP contribution in [-0.2, 0) is 11.3 Å². The summed E-state index contributed by atoms with van der Waals surface area (Å²) in [5, 5.41) is 0. The summed E-state index contributed by atoms with van der Waals surface area (Å²) in [6.45, 7) is 2.56. The van der Waals surface area contributed by atoms with Crippen LogP contribution < -0.4 is 0 Å². The summed E-state index contributed by atoms with van der Waals surface area (Å²) in [4.78, 5) is 16.2. The van der Waals surface area contributed by atoms with E-state index in [2.05, 4.69) is 17.9 Å². The maximum absolute atomic E-state index is 12.3. The summed E-state index contributed by atoms with van der Waals surface area (Å²) < 4.78 is 5.40. The van der Waals surface area contributed by atoms with Crippen LogP contribution >= 0.6 is 0 Å². The number of hydrogen-bond donors (Lipinski definition) is 0. The summed E-state index contributed by atoms with van der Waals surface area (Å²) in [6, 6.07) is 9.86. The van der Waals surface area contributed by atoms with Gasteiger partial charge in [-0.1, -0.05) is 36.3 Å². The number of carbonyl (C=O) groups is 1. The van der Waals surface area contributed by atoms with Crippen LogP contribution in [0.4, 0.5) is 4.79 Å². The molecule has 0 aromatic heterocycles. The third kappa shape index (κ3) is 4.51. The molecule has 1 saturated heterocycles. The smallest absolute Gasteiger partial charge is 0.411 e. The van der Waals surface area contributed by atoms with E-state index in [0.29, 0.717) is 6.54 Å². The molecule has 1 aromatic carbocycles. The lowest BCUT2D eigenvalue weighted by atomic mass is 10.0. The molecule has 0 atom stereocenters. The fourth-order valence-corrected chi connectivity index (χ4v) is 2.55. The second kappa shape index (κ2) is 7.70. The molecule has 1 aliphatic rings. The van der Waals surface area contributed by atoms with Crippen molar-refractivity contribution in [2.75, 3.05) is 26.7 Å². The van der Waals surface area contributed by atoms with Gasteiger partial charge in [0.1, 0.15) is 6.61 Å². The summed E-state index contributed by atoms with van der Waals surface area (Å²) in [5.41, 5.74) is 0.981. The Labute approximate surface area is 126 Å². The summed E-state index contributed by atoms with van der Waals surface area (Å²) in [6.07, 6.45) is 6.97. The largest absolute Gasteiger partial charge is 0.445 e. The Bertz CT molecular complexity index is 487. The molecule has 1 aliphatic heterocycles. The van der Waals surface area contributed by atoms with E-state index in [0.717, 1.165) is 31.5 Å². The molecule has 4 nitrogen and oxygen atoms in total. The van der Waals surface area contributed by atoms with Gasteiger partial charge in [-0.25, -0.2) is 4.79 Å². The van der Waals surface area contributed by atoms with E-state index < -0.39 is 0 Å². The zero-order valence-corrected chi connectivity index (χ0v) is 12.5. The van der Waals surface area contributed by atoms with Gasteiger partial charge in [0.05, 0.1) is 6.54 Å². The molecular weight excluding hydrogens is 264 g/mol. The lowest BCUT2D eigenvalue weighted by Gasteiger charge is -2.35. The Kier molecular flexibility index (Phi) is 5.65. The Balaban J connectivity index is 1.91. The van der Waals surface area contributed by atoms with E-state index >= 15 is 0 Å². The van der Waals surface area contributed by atoms with Crippen molar-refractivity contribution in [2.24, 2.45) is 0 Å². The fraction of sp³-hybridized carbons (Fsp3) is 0.471. The first-order chi connectivity index (χ1) is 10.2. The monoisotopic (exact) mass is 286 g/mol. The van der Waals surface area contributed by atoms with Crippen LogP contribution in [0.15, 0.2) is 30.3 Å². The Morgan fingerprint density at radius 2 is 2.05 bits per heavy atom. The van der Waals surface area contributed by atoms with Crippen LogP contribution in [-0.4, -0.2) is 48.6 Å². The topological polar surface area (TPSA) is 32.8 Å². The predicted molar refractivity (Wildman–Crippen MR) is 82.7 cm³/mol. The first-order valence-corrected chi connectivity index (χ1v) is 7.30. The zero-order valence-electron chi connectivity index (χ0n) is 12.5. The van der Waals surface area contributed by atoms with E-state index in [4.69, 9.17) is 11.2 Å². The average molecular weight is 286 g/mol. The molecule has 0 bridgehead atoms. The molecule has 4 heteroatoms. The standard InChI is InChI=1S/C17H22N2O2/c1-3-11-19(16-9-12-18(2)13-10-16)17(20)21-14-15-7-5-4-6-8-15/h1,4-8,16H,9-14H2,2H3. The van der Waals surface area contributed by atoms with Crippen LogP contribution in [0, 0.1) is 12.3 Å². The van der Waals surface area contributed by atoms with E-state index in [1.165, 1.54) is 0 Å². The average Bonchev–Trinajstić information content (AvgIpc) is 2.52. The first kappa shape index (κ1) is 15.4. The molecule has 1 aromatic rings. The minimum Gasteiger partial charge on any atom is -0.445 e. The molecule has 1 fully saturated rings. The second-order valence-corrected chi connectivity index (χ2v) is 5.41. The quantitative estimate of drug-likeness (QED) is 0.797. The minimum atomic E-state index is -0.314. The third-order valence-corrected chi connectivity index (χ3v) is 3.83. The van der Waals surface area contributed by atoms with Gasteiger partial charge in [-0.2, -0.15) is 0 Å². The van der Waals surface area contributed by atoms with Gasteiger partial charge in [0.25, 0.3) is 0 Å². The van der Waals surface area contributed by atoms with Gasteiger partial charge in [0.2, 0.25) is 0 Å². The van der Waals surface area contributed by atoms with Crippen LogP contribution in [0.5, 0.6) is 0 Å². The molecule has 21 heavy (non-hydrogen) atoms. The number of carbonyl (C=O) groups excluding carboxylic acids is 1. The number of rotatable bonds is 4. The molecule has 112 valence electrons. The van der Waals surface area contributed by atoms with Crippen molar-refractivity contribution in [1.82, 2.24) is 9.80 Å². The number of likely N-dealkylation sites (tertiary alicyclic amines) is 1. The number of nitrogens with zero attached hydrogens (tertiary/aromatic N) is 2. The van der Waals surface area contributed by atoms with E-state index in [1.807, 2.05) is 30.3 Å². The van der Waals surface area contributed by atoms with Crippen molar-refractivity contribution in [3.05, 3.63) is 35.9 Å². The molecule has 0 N–H and O–H groups in total. The van der Waals surface area contributed by atoms with Gasteiger partial charge in [-0.3, -0.25) is 4.90 Å². The Hall–Kier alpha value is -1.99. The second-order valence-electron chi connectivity index (χ2n) is 5.41. The third-order valence-electron chi connectivity index (χ3n) is 3.83. The number of terminal acetylenes is 1. The highest BCUT2D eigenvalue weighted by Gasteiger charge is 2.27. The molecule has 0 unspecified atom stereocenters. The molecule has 0 spiro atoms. The molecule has 0 radical (unpaired) electrons. The minimum absolute atomic E-state index is 0.181. The van der Waals surface area contributed by atoms with Crippen molar-refractivity contribution >= 4 is 6.09 Å². The van der Waals surface area contributed by atoms with Gasteiger partial charge >= 0.3 is 6.09 Å². The van der Waals surface area contributed by atoms with Gasteiger partial charge in [-0.15, -0.1) is 6.42 Å². The summed E-state index contributed by atoms with van der Waals surface area (Å²) >= 11 is 0. The number of benzene rings is 1. The molecule has 1 amide bonds. The van der Waals surface area contributed by atoms with E-state index in [1.54, 1.807) is 4.90 Å². The molecule has 1 heterocycles. The molecule has 0 saturated carbocycles. The van der Waals surface area contributed by atoms with Gasteiger partial charge in [0.15, 0.2) is 0 Å². The maximum Gasteiger partial charge on any atom is 0.411 e. The van der Waals surface area contributed by atoms with Gasteiger partial charge < -0.3 is 9.64 Å². The summed E-state index contributed by atoms with van der Waals surface area (Å²) in [5.74, 6) is 2.57. The highest BCUT2D eigenvalue weighted by atomic mass is 16.6. The normalized spacial score (nSPS) is 16.2. The van der Waals surface area contributed by atoms with Crippen LogP contribution in [0.2, 0.25) is 0 Å². The van der Waals surface area contributed by atoms with Gasteiger partial charge in [0, 0.05) is 6.04 Å². The lowest BCUT2D eigenvalue weighted by Crippen LogP contribution is -2.46. The highest BCUT2D eigenvalue weighted by Crippen LogP contribution is 2.17. The number of amides is 1. The molecular formula is C17H22N2O2. The van der Waals surface area contributed by atoms with Crippen molar-refractivity contribution < 1.29 is 9.53 Å². The number of hydrogen-bond acceptors (Lipinski definition) is 3. The Morgan fingerprint density at radius 1 is 1.38 bits per heavy atom. The highest BCUT2D eigenvalue weighted by molar-refractivity contribution is 5.68. The lowest BCUT2D eigenvalue weighted by molar-refractivity contribution is 0.0702. The Morgan fingerprint density at radius 3 is 2.67 bits per heavy atom. The van der Waals surface area contributed by atoms with Crippen LogP contribution in [0.25, 0.3) is 0 Å². The number of ether oxygens (including phenoxy) is 1. The van der Waals surface area contributed by atoms with E-state index in [9.17, 15) is 4.79 Å². The van der Waals surface area contributed by atoms with Crippen LogP contribution in [0.3, 0.4) is 0 Å². The molecule has 0 aliphatic carbocycles. The van der Waals surface area contributed by atoms with Crippen molar-refractivity contribution in [2.45, 2.75) is 25.5 Å². The van der Waals surface area contributed by atoms with Crippen molar-refractivity contribution in [3.8, 4) is 12.3 Å². The van der Waals surface area contributed by atoms with Gasteiger partial charge in [-0.05, 0) is 38.5 Å². The first-order valence-electron chi connectivity index (χ1n) is 7.30. The van der Waals surface area contributed by atoms with Crippen LogP contribution in [0.1, 0.15) is 18.4 Å². The maximum atomic E-state index is 12.3. The molecule has 2 rings (SSSR count). The van der Waals surface area contributed by atoms with E-state index in [-0.39, 0.29) is 18.7 Å². The SMILES string of the molecule is C#CCN(C(=O)OCc1ccccc1)C1CCN(C)CC1. The number of piperidine rings is 1. The van der Waals surface area contributed by atoms with Crippen molar-refractivity contribution in [1.29, 1.82) is 0 Å². The predicted octanol–water partition coefficient (Wildman–Crippen LogP) is 2.35. The summed E-state index contributed by atoms with van der Waals surface area (Å²) in [7, 11) is 2.09. The van der Waals surface area contributed by atoms with Crippen molar-refractivity contribution in [3.63, 3.8) is 0 Å². The zero-order chi connectivity index (χ0) is 15.1. The fourth-order valence-electron chi connectivity index (χ4n) is 2.55.